The maximum Gasteiger partial charge on any atom is 0.171 e. The molecule has 0 amide bonds. The van der Waals surface area contributed by atoms with Crippen molar-refractivity contribution < 1.29 is 14.3 Å². The number of hydrogen-bond donors (Lipinski definition) is 2. The number of aryl methyl sites for hydroxylation is 1. The standard InChI is InChI=1S/C16H21NO3/c1-11-3-8-15(19-11)16(12(2)17)20-14-6-4-13(5-7-14)9-10-18/h3-8,12,16,18H,9-10,17H2,1-2H3. The average molecular weight is 275 g/mol. The van der Waals surface area contributed by atoms with Crippen LogP contribution >= 0.6 is 0 Å². The molecule has 20 heavy (non-hydrogen) atoms. The van der Waals surface area contributed by atoms with Gasteiger partial charge < -0.3 is 20.0 Å². The Balaban J connectivity index is 2.12. The third kappa shape index (κ3) is 3.62. The monoisotopic (exact) mass is 275 g/mol. The normalized spacial score (nSPS) is 14.0. The fourth-order valence-corrected chi connectivity index (χ4v) is 2.04. The van der Waals surface area contributed by atoms with E-state index in [0.717, 1.165) is 22.8 Å². The van der Waals surface area contributed by atoms with Gasteiger partial charge in [-0.3, -0.25) is 0 Å². The van der Waals surface area contributed by atoms with Crippen LogP contribution in [-0.2, 0) is 6.42 Å². The zero-order valence-corrected chi connectivity index (χ0v) is 11.9. The molecule has 0 saturated heterocycles. The van der Waals surface area contributed by atoms with E-state index in [4.69, 9.17) is 20.0 Å². The van der Waals surface area contributed by atoms with Crippen molar-refractivity contribution in [3.8, 4) is 5.75 Å². The molecule has 0 aliphatic carbocycles. The Bertz CT molecular complexity index is 531. The molecule has 2 aromatic rings. The quantitative estimate of drug-likeness (QED) is 0.850. The van der Waals surface area contributed by atoms with Crippen LogP contribution in [-0.4, -0.2) is 17.8 Å². The number of hydrogen-bond acceptors (Lipinski definition) is 4. The molecule has 1 aromatic heterocycles. The van der Waals surface area contributed by atoms with Crippen LogP contribution in [0.1, 0.15) is 30.1 Å². The van der Waals surface area contributed by atoms with Gasteiger partial charge in [0.15, 0.2) is 6.10 Å². The summed E-state index contributed by atoms with van der Waals surface area (Å²) in [6, 6.07) is 11.3. The highest BCUT2D eigenvalue weighted by Crippen LogP contribution is 2.26. The molecular weight excluding hydrogens is 254 g/mol. The first kappa shape index (κ1) is 14.6. The van der Waals surface area contributed by atoms with Gasteiger partial charge in [-0.15, -0.1) is 0 Å². The second-order valence-electron chi connectivity index (χ2n) is 4.96. The molecule has 0 saturated carbocycles. The zero-order valence-electron chi connectivity index (χ0n) is 11.9. The highest BCUT2D eigenvalue weighted by molar-refractivity contribution is 5.28. The van der Waals surface area contributed by atoms with Crippen LogP contribution in [0.25, 0.3) is 0 Å². The topological polar surface area (TPSA) is 68.6 Å². The predicted molar refractivity (Wildman–Crippen MR) is 77.7 cm³/mol. The summed E-state index contributed by atoms with van der Waals surface area (Å²) in [5.41, 5.74) is 7.06. The highest BCUT2D eigenvalue weighted by atomic mass is 16.5. The highest BCUT2D eigenvalue weighted by Gasteiger charge is 2.21. The van der Waals surface area contributed by atoms with Crippen LogP contribution in [0.4, 0.5) is 0 Å². The largest absolute Gasteiger partial charge is 0.481 e. The lowest BCUT2D eigenvalue weighted by Crippen LogP contribution is -2.28. The van der Waals surface area contributed by atoms with Gasteiger partial charge in [-0.1, -0.05) is 12.1 Å². The van der Waals surface area contributed by atoms with Crippen LogP contribution in [0.2, 0.25) is 0 Å². The number of benzene rings is 1. The third-order valence-electron chi connectivity index (χ3n) is 3.11. The number of aliphatic hydroxyl groups is 1. The van der Waals surface area contributed by atoms with Crippen molar-refractivity contribution in [2.75, 3.05) is 6.61 Å². The first-order valence-corrected chi connectivity index (χ1v) is 6.78. The van der Waals surface area contributed by atoms with Crippen molar-refractivity contribution in [2.45, 2.75) is 32.4 Å². The molecule has 0 bridgehead atoms. The Kier molecular flexibility index (Phi) is 4.82. The molecule has 1 aromatic carbocycles. The first-order valence-electron chi connectivity index (χ1n) is 6.78. The van der Waals surface area contributed by atoms with E-state index in [1.54, 1.807) is 0 Å². The van der Waals surface area contributed by atoms with Crippen molar-refractivity contribution in [1.29, 1.82) is 0 Å². The molecule has 0 radical (unpaired) electrons. The number of ether oxygens (including phenoxy) is 1. The van der Waals surface area contributed by atoms with E-state index in [9.17, 15) is 0 Å². The van der Waals surface area contributed by atoms with Crippen molar-refractivity contribution in [2.24, 2.45) is 5.73 Å². The molecular formula is C16H21NO3. The zero-order chi connectivity index (χ0) is 14.5. The van der Waals surface area contributed by atoms with Gasteiger partial charge in [-0.25, -0.2) is 0 Å². The molecule has 4 heteroatoms. The number of nitrogens with two attached hydrogens (primary N) is 1. The van der Waals surface area contributed by atoms with Gasteiger partial charge >= 0.3 is 0 Å². The van der Waals surface area contributed by atoms with E-state index in [-0.39, 0.29) is 18.8 Å². The van der Waals surface area contributed by atoms with Gasteiger partial charge in [-0.2, -0.15) is 0 Å². The molecule has 108 valence electrons. The molecule has 0 fully saturated rings. The second-order valence-corrected chi connectivity index (χ2v) is 4.96. The minimum Gasteiger partial charge on any atom is -0.481 e. The van der Waals surface area contributed by atoms with Gasteiger partial charge in [0.2, 0.25) is 0 Å². The summed E-state index contributed by atoms with van der Waals surface area (Å²) < 4.78 is 11.5. The summed E-state index contributed by atoms with van der Waals surface area (Å²) in [7, 11) is 0. The molecule has 3 N–H and O–H groups in total. The Hall–Kier alpha value is -1.78. The van der Waals surface area contributed by atoms with Gasteiger partial charge in [-0.05, 0) is 50.1 Å². The number of aliphatic hydroxyl groups excluding tert-OH is 1. The summed E-state index contributed by atoms with van der Waals surface area (Å²) >= 11 is 0. The molecule has 0 spiro atoms. The van der Waals surface area contributed by atoms with Crippen molar-refractivity contribution in [3.63, 3.8) is 0 Å². The number of rotatable bonds is 6. The lowest BCUT2D eigenvalue weighted by molar-refractivity contribution is 0.152. The minimum absolute atomic E-state index is 0.147. The molecule has 1 heterocycles. The molecule has 0 aliphatic heterocycles. The molecule has 2 rings (SSSR count). The summed E-state index contributed by atoms with van der Waals surface area (Å²) in [4.78, 5) is 0. The molecule has 2 unspecified atom stereocenters. The Morgan fingerprint density at radius 2 is 1.90 bits per heavy atom. The first-order chi connectivity index (χ1) is 9.60. The van der Waals surface area contributed by atoms with Crippen LogP contribution in [0.5, 0.6) is 5.75 Å². The van der Waals surface area contributed by atoms with Crippen molar-refractivity contribution in [1.82, 2.24) is 0 Å². The third-order valence-corrected chi connectivity index (χ3v) is 3.11. The fourth-order valence-electron chi connectivity index (χ4n) is 2.04. The van der Waals surface area contributed by atoms with Gasteiger partial charge in [0.25, 0.3) is 0 Å². The summed E-state index contributed by atoms with van der Waals surface area (Å²) in [5, 5.41) is 8.90. The van der Waals surface area contributed by atoms with Crippen molar-refractivity contribution in [3.05, 3.63) is 53.5 Å². The van der Waals surface area contributed by atoms with E-state index in [1.807, 2.05) is 50.2 Å². The van der Waals surface area contributed by atoms with E-state index < -0.39 is 0 Å². The van der Waals surface area contributed by atoms with E-state index in [1.165, 1.54) is 0 Å². The summed E-state index contributed by atoms with van der Waals surface area (Å²) in [6.07, 6.45) is 0.335. The minimum atomic E-state index is -0.313. The van der Waals surface area contributed by atoms with Gasteiger partial charge in [0.1, 0.15) is 17.3 Å². The van der Waals surface area contributed by atoms with Crippen LogP contribution in [0.3, 0.4) is 0 Å². The van der Waals surface area contributed by atoms with Crippen molar-refractivity contribution >= 4 is 0 Å². The van der Waals surface area contributed by atoms with Gasteiger partial charge in [0, 0.05) is 12.6 Å². The second kappa shape index (κ2) is 6.59. The smallest absolute Gasteiger partial charge is 0.171 e. The number of furan rings is 1. The predicted octanol–water partition coefficient (Wildman–Crippen LogP) is 2.59. The lowest BCUT2D eigenvalue weighted by atomic mass is 10.1. The van der Waals surface area contributed by atoms with Gasteiger partial charge in [0.05, 0.1) is 0 Å². The Morgan fingerprint density at radius 3 is 2.40 bits per heavy atom. The maximum atomic E-state index is 8.90. The van der Waals surface area contributed by atoms with E-state index >= 15 is 0 Å². The van der Waals surface area contributed by atoms with E-state index in [0.29, 0.717) is 6.42 Å². The molecule has 4 nitrogen and oxygen atoms in total. The lowest BCUT2D eigenvalue weighted by Gasteiger charge is -2.20. The summed E-state index contributed by atoms with van der Waals surface area (Å²) in [5.74, 6) is 2.31. The summed E-state index contributed by atoms with van der Waals surface area (Å²) in [6.45, 7) is 3.93. The Labute approximate surface area is 119 Å². The maximum absolute atomic E-state index is 8.90. The van der Waals surface area contributed by atoms with E-state index in [2.05, 4.69) is 0 Å². The molecule has 2 atom stereocenters. The van der Waals surface area contributed by atoms with Crippen LogP contribution in [0, 0.1) is 6.92 Å². The average Bonchev–Trinajstić information content (AvgIpc) is 2.84. The fraction of sp³-hybridized carbons (Fsp3) is 0.375. The van der Waals surface area contributed by atoms with Crippen LogP contribution in [0.15, 0.2) is 40.8 Å². The van der Waals surface area contributed by atoms with Crippen LogP contribution < -0.4 is 10.5 Å². The molecule has 0 aliphatic rings. The Morgan fingerprint density at radius 1 is 1.20 bits per heavy atom. The SMILES string of the molecule is Cc1ccc(C(Oc2ccc(CCO)cc2)C(C)N)o1.